The average molecular weight is 397 g/mol. The van der Waals surface area contributed by atoms with Gasteiger partial charge in [0, 0.05) is 14.1 Å². The number of imidazole rings is 1. The number of benzene rings is 1. The Morgan fingerprint density at radius 3 is 2.62 bits per heavy atom. The van der Waals surface area contributed by atoms with E-state index in [0.717, 1.165) is 9.25 Å². The van der Waals surface area contributed by atoms with E-state index in [4.69, 9.17) is 4.74 Å². The van der Waals surface area contributed by atoms with Crippen molar-refractivity contribution in [1.82, 2.24) is 33.7 Å². The topological polar surface area (TPSA) is 136 Å². The summed E-state index contributed by atoms with van der Waals surface area (Å²) in [6.07, 6.45) is 1.27. The number of carbonyl (C=O) groups excluding carboxylic acids is 1. The number of carbonyl (C=O) groups is 1. The molecule has 0 unspecified atom stereocenters. The summed E-state index contributed by atoms with van der Waals surface area (Å²) < 4.78 is 9.45. The first kappa shape index (κ1) is 18.3. The molecule has 29 heavy (non-hydrogen) atoms. The Morgan fingerprint density at radius 2 is 1.83 bits per heavy atom. The van der Waals surface area contributed by atoms with E-state index in [1.54, 1.807) is 24.3 Å². The van der Waals surface area contributed by atoms with Gasteiger partial charge in [0.1, 0.15) is 12.1 Å². The number of fused-ring (bicyclic) bond motifs is 2. The molecule has 1 aromatic carbocycles. The van der Waals surface area contributed by atoms with Gasteiger partial charge in [-0.25, -0.2) is 9.78 Å². The predicted octanol–water partition coefficient (Wildman–Crippen LogP) is -1.26. The van der Waals surface area contributed by atoms with Crippen molar-refractivity contribution in [3.8, 4) is 0 Å². The van der Waals surface area contributed by atoms with Crippen LogP contribution in [0.2, 0.25) is 0 Å². The molecule has 0 fully saturated rings. The smallest absolute Gasteiger partial charge is 0.332 e. The van der Waals surface area contributed by atoms with Crippen molar-refractivity contribution >= 4 is 28.0 Å². The maximum absolute atomic E-state index is 12.4. The van der Waals surface area contributed by atoms with E-state index in [1.807, 2.05) is 0 Å². The van der Waals surface area contributed by atoms with E-state index in [1.165, 1.54) is 29.6 Å². The summed E-state index contributed by atoms with van der Waals surface area (Å²) in [7, 11) is 2.81. The van der Waals surface area contributed by atoms with Crippen LogP contribution in [0.4, 0.5) is 0 Å². The number of ether oxygens (including phenoxy) is 1. The van der Waals surface area contributed by atoms with Crippen LogP contribution < -0.4 is 16.8 Å². The third-order valence-corrected chi connectivity index (χ3v) is 4.49. The minimum atomic E-state index is -0.720. The summed E-state index contributed by atoms with van der Waals surface area (Å²) in [5.74, 6) is -0.720. The molecule has 4 aromatic rings. The summed E-state index contributed by atoms with van der Waals surface area (Å²) in [5, 5.41) is 8.00. The van der Waals surface area contributed by atoms with Crippen LogP contribution in [-0.2, 0) is 36.9 Å². The van der Waals surface area contributed by atoms with Crippen LogP contribution in [0.25, 0.3) is 22.1 Å². The predicted molar refractivity (Wildman–Crippen MR) is 100 cm³/mol. The van der Waals surface area contributed by atoms with E-state index in [9.17, 15) is 19.2 Å². The lowest BCUT2D eigenvalue weighted by Gasteiger charge is -2.08. The van der Waals surface area contributed by atoms with Gasteiger partial charge in [-0.3, -0.25) is 23.5 Å². The molecule has 0 spiro atoms. The van der Waals surface area contributed by atoms with Crippen LogP contribution in [0.5, 0.6) is 0 Å². The zero-order valence-electron chi connectivity index (χ0n) is 15.5. The highest BCUT2D eigenvalue weighted by molar-refractivity contribution is 5.76. The van der Waals surface area contributed by atoms with Crippen LogP contribution in [0.1, 0.15) is 0 Å². The van der Waals surface area contributed by atoms with E-state index in [0.29, 0.717) is 10.9 Å². The van der Waals surface area contributed by atoms with Crippen LogP contribution in [0.3, 0.4) is 0 Å². The van der Waals surface area contributed by atoms with Crippen molar-refractivity contribution in [2.24, 2.45) is 14.1 Å². The number of hydrogen-bond donors (Lipinski definition) is 0. The molecule has 0 radical (unpaired) electrons. The van der Waals surface area contributed by atoms with Gasteiger partial charge >= 0.3 is 11.7 Å². The van der Waals surface area contributed by atoms with Gasteiger partial charge in [0.05, 0.1) is 11.7 Å². The first-order valence-corrected chi connectivity index (χ1v) is 8.47. The van der Waals surface area contributed by atoms with E-state index >= 15 is 0 Å². The summed E-state index contributed by atoms with van der Waals surface area (Å²) in [4.78, 5) is 53.0. The Kier molecular flexibility index (Phi) is 4.30. The molecule has 3 aromatic heterocycles. The quantitative estimate of drug-likeness (QED) is 0.389. The normalized spacial score (nSPS) is 11.2. The Hall–Kier alpha value is -4.09. The van der Waals surface area contributed by atoms with Crippen LogP contribution >= 0.6 is 0 Å². The highest BCUT2D eigenvalue weighted by Crippen LogP contribution is 2.06. The van der Waals surface area contributed by atoms with Crippen molar-refractivity contribution in [2.45, 2.75) is 13.3 Å². The van der Waals surface area contributed by atoms with Crippen molar-refractivity contribution in [3.05, 3.63) is 61.8 Å². The minimum absolute atomic E-state index is 0.0919. The largest absolute Gasteiger partial charge is 0.441 e. The molecule has 0 N–H and O–H groups in total. The zero-order valence-corrected chi connectivity index (χ0v) is 15.5. The lowest BCUT2D eigenvalue weighted by atomic mass is 10.2. The molecule has 12 nitrogen and oxygen atoms in total. The van der Waals surface area contributed by atoms with Gasteiger partial charge in [-0.15, -0.1) is 5.10 Å². The lowest BCUT2D eigenvalue weighted by Crippen LogP contribution is -2.37. The molecule has 0 bridgehead atoms. The van der Waals surface area contributed by atoms with Crippen molar-refractivity contribution in [3.63, 3.8) is 0 Å². The second-order valence-corrected chi connectivity index (χ2v) is 6.31. The molecule has 0 atom stereocenters. The van der Waals surface area contributed by atoms with E-state index in [2.05, 4.69) is 15.3 Å². The Bertz CT molecular complexity index is 1440. The molecule has 0 aliphatic heterocycles. The Balaban J connectivity index is 1.57. The van der Waals surface area contributed by atoms with E-state index < -0.39 is 29.5 Å². The average Bonchev–Trinajstić information content (AvgIpc) is 3.14. The maximum Gasteiger partial charge on any atom is 0.332 e. The van der Waals surface area contributed by atoms with Crippen molar-refractivity contribution < 1.29 is 9.53 Å². The van der Waals surface area contributed by atoms with Crippen molar-refractivity contribution in [2.75, 3.05) is 0 Å². The van der Waals surface area contributed by atoms with Gasteiger partial charge in [-0.1, -0.05) is 17.3 Å². The standard InChI is InChI=1S/C17H15N7O5/c1-21-14-13(16(27)22(2)17(21)28)23(8-18-14)7-12(25)29-9-24-15(26)10-5-3-4-6-11(10)19-20-24/h3-6,8H,7,9H2,1-2H3. The third kappa shape index (κ3) is 2.99. The fourth-order valence-electron chi connectivity index (χ4n) is 2.94. The Morgan fingerprint density at radius 1 is 1.07 bits per heavy atom. The van der Waals surface area contributed by atoms with Gasteiger partial charge in [-0.05, 0) is 12.1 Å². The van der Waals surface area contributed by atoms with Crippen LogP contribution in [-0.4, -0.2) is 39.6 Å². The molecule has 0 amide bonds. The van der Waals surface area contributed by atoms with Gasteiger partial charge in [0.2, 0.25) is 0 Å². The summed E-state index contributed by atoms with van der Waals surface area (Å²) in [5.41, 5.74) is -0.863. The minimum Gasteiger partial charge on any atom is -0.441 e. The molecule has 0 aliphatic rings. The number of esters is 1. The summed E-state index contributed by atoms with van der Waals surface area (Å²) in [6.45, 7) is -0.766. The molecular formula is C17H15N7O5. The number of hydrogen-bond acceptors (Lipinski definition) is 8. The number of rotatable bonds is 4. The number of aryl methyl sites for hydroxylation is 1. The van der Waals surface area contributed by atoms with Crippen molar-refractivity contribution in [1.29, 1.82) is 0 Å². The van der Waals surface area contributed by atoms with Crippen LogP contribution in [0.15, 0.2) is 45.0 Å². The van der Waals surface area contributed by atoms with E-state index in [-0.39, 0.29) is 17.7 Å². The first-order chi connectivity index (χ1) is 13.9. The molecule has 148 valence electrons. The number of aromatic nitrogens is 7. The van der Waals surface area contributed by atoms with Crippen LogP contribution in [0, 0.1) is 0 Å². The molecule has 0 aliphatic carbocycles. The maximum atomic E-state index is 12.4. The molecule has 3 heterocycles. The fraction of sp³-hybridized carbons (Fsp3) is 0.235. The second-order valence-electron chi connectivity index (χ2n) is 6.31. The number of nitrogens with zero attached hydrogens (tertiary/aromatic N) is 7. The molecule has 12 heteroatoms. The highest BCUT2D eigenvalue weighted by atomic mass is 16.5. The SMILES string of the molecule is Cn1c(=O)c2c(ncn2CC(=O)OCn2nnc3ccccc3c2=O)n(C)c1=O. The highest BCUT2D eigenvalue weighted by Gasteiger charge is 2.17. The van der Waals surface area contributed by atoms with Gasteiger partial charge < -0.3 is 9.30 Å². The molecular weight excluding hydrogens is 382 g/mol. The Labute approximate surface area is 161 Å². The molecule has 0 saturated heterocycles. The lowest BCUT2D eigenvalue weighted by molar-refractivity contribution is -0.148. The zero-order chi connectivity index (χ0) is 20.7. The third-order valence-electron chi connectivity index (χ3n) is 4.49. The molecule has 4 rings (SSSR count). The fourth-order valence-corrected chi connectivity index (χ4v) is 2.94. The monoisotopic (exact) mass is 397 g/mol. The molecule has 0 saturated carbocycles. The summed E-state index contributed by atoms with van der Waals surface area (Å²) >= 11 is 0. The van der Waals surface area contributed by atoms with Gasteiger partial charge in [0.15, 0.2) is 17.9 Å². The first-order valence-electron chi connectivity index (χ1n) is 8.47. The van der Waals surface area contributed by atoms with Gasteiger partial charge in [0.25, 0.3) is 11.1 Å². The van der Waals surface area contributed by atoms with Gasteiger partial charge in [-0.2, -0.15) is 4.68 Å². The summed E-state index contributed by atoms with van der Waals surface area (Å²) in [6, 6.07) is 6.68. The second kappa shape index (κ2) is 6.82.